The topological polar surface area (TPSA) is 79.9 Å². The number of aryl methyl sites for hydroxylation is 1. The molecule has 9 heteroatoms. The van der Waals surface area contributed by atoms with Crippen LogP contribution in [-0.4, -0.2) is 34.3 Å². The Bertz CT molecular complexity index is 879. The van der Waals surface area contributed by atoms with Crippen molar-refractivity contribution in [1.82, 2.24) is 9.55 Å². The van der Waals surface area contributed by atoms with Gasteiger partial charge in [-0.15, -0.1) is 0 Å². The zero-order chi connectivity index (χ0) is 19.6. The van der Waals surface area contributed by atoms with E-state index >= 15 is 0 Å². The minimum Gasteiger partial charge on any atom is -0.378 e. The van der Waals surface area contributed by atoms with Gasteiger partial charge in [-0.2, -0.15) is 18.4 Å². The fourth-order valence-electron chi connectivity index (χ4n) is 3.29. The molecule has 2 atom stereocenters. The van der Waals surface area contributed by atoms with Crippen molar-refractivity contribution < 1.29 is 22.7 Å². The molecule has 144 valence electrons. The second kappa shape index (κ2) is 7.56. The number of benzene rings is 1. The van der Waals surface area contributed by atoms with Crippen molar-refractivity contribution in [3.63, 3.8) is 0 Å². The first-order chi connectivity index (χ1) is 12.8. The Morgan fingerprint density at radius 2 is 2.30 bits per heavy atom. The molecule has 1 aromatic heterocycles. The molecule has 1 aliphatic rings. The number of nitrogens with one attached hydrogen (secondary N) is 1. The molecule has 1 amide bonds. The van der Waals surface area contributed by atoms with Gasteiger partial charge in [-0.05, 0) is 44.4 Å². The van der Waals surface area contributed by atoms with Crippen LogP contribution >= 0.6 is 0 Å². The largest absolute Gasteiger partial charge is 0.400 e. The van der Waals surface area contributed by atoms with E-state index in [1.165, 1.54) is 6.07 Å². The first-order valence-corrected chi connectivity index (χ1v) is 8.73. The second-order valence-electron chi connectivity index (χ2n) is 6.45. The molecule has 0 spiro atoms. The summed E-state index contributed by atoms with van der Waals surface area (Å²) < 4.78 is 47.2. The third-order valence-corrected chi connectivity index (χ3v) is 4.66. The number of nitriles is 1. The van der Waals surface area contributed by atoms with Gasteiger partial charge in [0, 0.05) is 13.2 Å². The molecule has 6 nitrogen and oxygen atoms in total. The molecule has 0 aliphatic carbocycles. The van der Waals surface area contributed by atoms with Crippen LogP contribution < -0.4 is 5.32 Å². The van der Waals surface area contributed by atoms with Crippen LogP contribution in [0.25, 0.3) is 11.0 Å². The lowest BCUT2D eigenvalue weighted by Crippen LogP contribution is -2.38. The van der Waals surface area contributed by atoms with Gasteiger partial charge in [-0.3, -0.25) is 10.1 Å². The van der Waals surface area contributed by atoms with Gasteiger partial charge in [-0.1, -0.05) is 0 Å². The maximum atomic E-state index is 13.4. The Kier molecular flexibility index (Phi) is 5.37. The highest BCUT2D eigenvalue weighted by molar-refractivity contribution is 5.93. The third kappa shape index (κ3) is 4.06. The Hall–Kier alpha value is -2.60. The molecule has 1 saturated heterocycles. The number of hydrogen-bond acceptors (Lipinski definition) is 4. The second-order valence-corrected chi connectivity index (χ2v) is 6.45. The Morgan fingerprint density at radius 1 is 1.52 bits per heavy atom. The van der Waals surface area contributed by atoms with Gasteiger partial charge >= 0.3 is 6.18 Å². The molecule has 2 heterocycles. The van der Waals surface area contributed by atoms with Gasteiger partial charge in [0.05, 0.1) is 28.8 Å². The van der Waals surface area contributed by atoms with E-state index in [4.69, 9.17) is 10.00 Å². The number of carbonyl (C=O) groups is 1. The summed E-state index contributed by atoms with van der Waals surface area (Å²) in [6, 6.07) is 6.77. The van der Waals surface area contributed by atoms with Gasteiger partial charge in [0.1, 0.15) is 5.92 Å². The third-order valence-electron chi connectivity index (χ3n) is 4.66. The molecular weight excluding hydrogens is 361 g/mol. The lowest BCUT2D eigenvalue weighted by atomic mass is 9.98. The van der Waals surface area contributed by atoms with Crippen LogP contribution in [0.5, 0.6) is 0 Å². The number of fused-ring (bicyclic) bond motifs is 1. The molecule has 0 radical (unpaired) electrons. The summed E-state index contributed by atoms with van der Waals surface area (Å²) >= 11 is 0. The van der Waals surface area contributed by atoms with Crippen LogP contribution in [0.3, 0.4) is 0 Å². The number of hydrogen-bond donors (Lipinski definition) is 1. The van der Waals surface area contributed by atoms with Crippen molar-refractivity contribution in [1.29, 1.82) is 5.26 Å². The van der Waals surface area contributed by atoms with Crippen LogP contribution in [0.1, 0.15) is 31.7 Å². The molecule has 0 saturated carbocycles. The molecule has 2 aromatic rings. The lowest BCUT2D eigenvalue weighted by Gasteiger charge is -2.22. The zero-order valence-electron chi connectivity index (χ0n) is 14.7. The molecule has 2 unspecified atom stereocenters. The number of alkyl halides is 3. The summed E-state index contributed by atoms with van der Waals surface area (Å²) in [5, 5.41) is 11.3. The van der Waals surface area contributed by atoms with E-state index in [0.29, 0.717) is 42.6 Å². The van der Waals surface area contributed by atoms with Crippen molar-refractivity contribution in [2.24, 2.45) is 5.92 Å². The van der Waals surface area contributed by atoms with Gasteiger partial charge < -0.3 is 9.30 Å². The Labute approximate surface area is 153 Å². The smallest absolute Gasteiger partial charge is 0.378 e. The molecule has 1 aromatic carbocycles. The number of imidazole rings is 1. The maximum absolute atomic E-state index is 13.4. The monoisotopic (exact) mass is 380 g/mol. The van der Waals surface area contributed by atoms with Crippen LogP contribution in [0.15, 0.2) is 18.2 Å². The van der Waals surface area contributed by atoms with E-state index in [-0.39, 0.29) is 5.95 Å². The van der Waals surface area contributed by atoms with Crippen molar-refractivity contribution in [2.75, 3.05) is 11.9 Å². The first-order valence-electron chi connectivity index (χ1n) is 8.73. The number of amides is 1. The van der Waals surface area contributed by atoms with Crippen molar-refractivity contribution in [2.45, 2.75) is 45.0 Å². The van der Waals surface area contributed by atoms with Gasteiger partial charge in [-0.25, -0.2) is 4.98 Å². The predicted octanol–water partition coefficient (Wildman–Crippen LogP) is 3.61. The number of halogens is 3. The average molecular weight is 380 g/mol. The molecule has 1 fully saturated rings. The number of ether oxygens (including phenoxy) is 1. The van der Waals surface area contributed by atoms with Crippen molar-refractivity contribution in [3.8, 4) is 6.07 Å². The highest BCUT2D eigenvalue weighted by Crippen LogP contribution is 2.34. The molecule has 27 heavy (non-hydrogen) atoms. The number of carbonyl (C=O) groups excluding carboxylic acids is 1. The standard InChI is InChI=1S/C18H19F3N4O2/c1-2-25-15-6-5-11(10-22)8-14(15)23-17(25)24-16(26)13(18(19,20)21)9-12-4-3-7-27-12/h5-6,8,12-13H,2-4,7,9H2,1H3,(H,23,24,26). The van der Waals surface area contributed by atoms with Gasteiger partial charge in [0.2, 0.25) is 11.9 Å². The average Bonchev–Trinajstić information content (AvgIpc) is 3.24. The minimum absolute atomic E-state index is 0.0363. The molecular formula is C18H19F3N4O2. The van der Waals surface area contributed by atoms with Crippen molar-refractivity contribution >= 4 is 22.9 Å². The van der Waals surface area contributed by atoms with Crippen LogP contribution in [0.4, 0.5) is 19.1 Å². The number of rotatable bonds is 5. The number of anilines is 1. The lowest BCUT2D eigenvalue weighted by molar-refractivity contribution is -0.185. The van der Waals surface area contributed by atoms with Crippen LogP contribution in [-0.2, 0) is 16.1 Å². The summed E-state index contributed by atoms with van der Waals surface area (Å²) in [7, 11) is 0. The van der Waals surface area contributed by atoms with Gasteiger partial charge in [0.25, 0.3) is 0 Å². The molecule has 1 aliphatic heterocycles. The van der Waals surface area contributed by atoms with Crippen LogP contribution in [0, 0.1) is 17.2 Å². The predicted molar refractivity (Wildman–Crippen MR) is 91.9 cm³/mol. The summed E-state index contributed by atoms with van der Waals surface area (Å²) in [4.78, 5) is 16.6. The SMILES string of the molecule is CCn1c(NC(=O)C(CC2CCCO2)C(F)(F)F)nc2cc(C#N)ccc21. The highest BCUT2D eigenvalue weighted by atomic mass is 19.4. The Morgan fingerprint density at radius 3 is 2.89 bits per heavy atom. The fourth-order valence-corrected chi connectivity index (χ4v) is 3.29. The molecule has 3 rings (SSSR count). The van der Waals surface area contributed by atoms with E-state index in [9.17, 15) is 18.0 Å². The summed E-state index contributed by atoms with van der Waals surface area (Å²) in [6.07, 6.45) is -4.42. The number of nitrogens with zero attached hydrogens (tertiary/aromatic N) is 3. The molecule has 1 N–H and O–H groups in total. The molecule has 0 bridgehead atoms. The maximum Gasteiger partial charge on any atom is 0.400 e. The van der Waals surface area contributed by atoms with E-state index in [1.807, 2.05) is 6.07 Å². The van der Waals surface area contributed by atoms with E-state index < -0.39 is 30.5 Å². The highest BCUT2D eigenvalue weighted by Gasteiger charge is 2.46. The quantitative estimate of drug-likeness (QED) is 0.859. The van der Waals surface area contributed by atoms with E-state index in [2.05, 4.69) is 10.3 Å². The van der Waals surface area contributed by atoms with Crippen LogP contribution in [0.2, 0.25) is 0 Å². The summed E-state index contributed by atoms with van der Waals surface area (Å²) in [5.41, 5.74) is 1.45. The zero-order valence-corrected chi connectivity index (χ0v) is 14.7. The van der Waals surface area contributed by atoms with E-state index in [1.54, 1.807) is 23.6 Å². The number of aromatic nitrogens is 2. The minimum atomic E-state index is -4.67. The fraction of sp³-hybridized carbons (Fsp3) is 0.500. The van der Waals surface area contributed by atoms with Crippen molar-refractivity contribution in [3.05, 3.63) is 23.8 Å². The van der Waals surface area contributed by atoms with Gasteiger partial charge in [0.15, 0.2) is 0 Å². The normalized spacial score (nSPS) is 18.4. The summed E-state index contributed by atoms with van der Waals surface area (Å²) in [6.45, 7) is 2.62. The first kappa shape index (κ1) is 19.2. The summed E-state index contributed by atoms with van der Waals surface area (Å²) in [5.74, 6) is -3.28. The Balaban J connectivity index is 1.87. The van der Waals surface area contributed by atoms with E-state index in [0.717, 1.165) is 0 Å².